The topological polar surface area (TPSA) is 78.0 Å². The zero-order chi connectivity index (χ0) is 14.0. The largest absolute Gasteiger partial charge is 0.330 e. The third-order valence-corrected chi connectivity index (χ3v) is 3.79. The summed E-state index contributed by atoms with van der Waals surface area (Å²) in [4.78, 5) is 0.0930. The van der Waals surface area contributed by atoms with E-state index in [1.165, 1.54) is 23.1 Å². The molecule has 0 spiro atoms. The number of aromatic nitrogens is 2. The lowest BCUT2D eigenvalue weighted by atomic mass is 10.1. The molecule has 0 aliphatic carbocycles. The molecular weight excluding hydrogens is 269 g/mol. The second-order valence-corrected chi connectivity index (χ2v) is 6.18. The van der Waals surface area contributed by atoms with Gasteiger partial charge in [0.2, 0.25) is 0 Å². The first kappa shape index (κ1) is 13.7. The van der Waals surface area contributed by atoms with E-state index in [-0.39, 0.29) is 10.7 Å². The lowest BCUT2D eigenvalue weighted by Crippen LogP contribution is -2.09. The van der Waals surface area contributed by atoms with Gasteiger partial charge in [0.25, 0.3) is 0 Å². The van der Waals surface area contributed by atoms with Crippen LogP contribution in [-0.4, -0.2) is 31.0 Å². The van der Waals surface area contributed by atoms with Gasteiger partial charge in [-0.15, -0.1) is 0 Å². The maximum Gasteiger partial charge on any atom is 0.178 e. The molecule has 0 aliphatic heterocycles. The Bertz CT molecular complexity index is 695. The minimum Gasteiger partial charge on any atom is -0.330 e. The van der Waals surface area contributed by atoms with Crippen LogP contribution in [0.3, 0.4) is 0 Å². The van der Waals surface area contributed by atoms with E-state index in [1.54, 1.807) is 12.1 Å². The van der Waals surface area contributed by atoms with E-state index in [2.05, 4.69) is 5.10 Å². The molecule has 0 amide bonds. The van der Waals surface area contributed by atoms with Crippen molar-refractivity contribution in [3.05, 3.63) is 42.0 Å². The average Bonchev–Trinajstić information content (AvgIpc) is 2.81. The van der Waals surface area contributed by atoms with Crippen LogP contribution in [0, 0.1) is 5.82 Å². The monoisotopic (exact) mass is 283 g/mol. The van der Waals surface area contributed by atoms with Gasteiger partial charge in [0.1, 0.15) is 10.7 Å². The molecule has 1 aromatic carbocycles. The fourth-order valence-electron chi connectivity index (χ4n) is 1.78. The van der Waals surface area contributed by atoms with E-state index in [1.807, 2.05) is 0 Å². The van der Waals surface area contributed by atoms with Gasteiger partial charge >= 0.3 is 0 Å². The lowest BCUT2D eigenvalue weighted by Gasteiger charge is -2.09. The second-order valence-electron chi connectivity index (χ2n) is 4.17. The van der Waals surface area contributed by atoms with Crippen molar-refractivity contribution in [1.29, 1.82) is 0 Å². The first-order valence-corrected chi connectivity index (χ1v) is 7.55. The van der Waals surface area contributed by atoms with Crippen molar-refractivity contribution in [2.24, 2.45) is 5.73 Å². The minimum absolute atomic E-state index is 0.0930. The van der Waals surface area contributed by atoms with Gasteiger partial charge in [0, 0.05) is 18.0 Å². The number of hydrogen-bond donors (Lipinski definition) is 1. The van der Waals surface area contributed by atoms with Gasteiger partial charge in [-0.2, -0.15) is 5.10 Å². The molecule has 1 aromatic heterocycles. The summed E-state index contributed by atoms with van der Waals surface area (Å²) in [5.41, 5.74) is 6.38. The smallest absolute Gasteiger partial charge is 0.178 e. The molecule has 0 unspecified atom stereocenters. The molecule has 1 heterocycles. The Morgan fingerprint density at radius 3 is 2.74 bits per heavy atom. The standard InChI is InChI=1S/C12H14FN3O2S/c1-19(17,18)9-7-15-16(8-9)12-4-2-3-11(13)10(12)5-6-14/h2-4,7-8H,5-6,14H2,1H3. The second kappa shape index (κ2) is 5.10. The van der Waals surface area contributed by atoms with Gasteiger partial charge in [0.05, 0.1) is 11.9 Å². The summed E-state index contributed by atoms with van der Waals surface area (Å²) in [7, 11) is -3.33. The van der Waals surface area contributed by atoms with Crippen LogP contribution in [-0.2, 0) is 16.3 Å². The average molecular weight is 283 g/mol. The Hall–Kier alpha value is -1.73. The molecular formula is C12H14FN3O2S. The molecule has 0 saturated heterocycles. The normalized spacial score (nSPS) is 11.7. The Morgan fingerprint density at radius 2 is 2.16 bits per heavy atom. The van der Waals surface area contributed by atoms with E-state index in [9.17, 15) is 12.8 Å². The molecule has 5 nitrogen and oxygen atoms in total. The predicted molar refractivity (Wildman–Crippen MR) is 69.4 cm³/mol. The van der Waals surface area contributed by atoms with Crippen LogP contribution in [0.25, 0.3) is 5.69 Å². The Morgan fingerprint density at radius 1 is 1.42 bits per heavy atom. The number of rotatable bonds is 4. The van der Waals surface area contributed by atoms with Gasteiger partial charge in [-0.25, -0.2) is 17.5 Å². The van der Waals surface area contributed by atoms with Gasteiger partial charge in [-0.1, -0.05) is 6.07 Å². The fraction of sp³-hybridized carbons (Fsp3) is 0.250. The van der Waals surface area contributed by atoms with E-state index < -0.39 is 9.84 Å². The Labute approximate surface area is 110 Å². The quantitative estimate of drug-likeness (QED) is 0.905. The maximum absolute atomic E-state index is 13.7. The molecule has 0 radical (unpaired) electrons. The first-order valence-electron chi connectivity index (χ1n) is 5.66. The molecule has 102 valence electrons. The summed E-state index contributed by atoms with van der Waals surface area (Å²) < 4.78 is 37.9. The number of halogens is 1. The number of hydrogen-bond acceptors (Lipinski definition) is 4. The first-order chi connectivity index (χ1) is 8.93. The van der Waals surface area contributed by atoms with Crippen LogP contribution in [0.4, 0.5) is 4.39 Å². The number of nitrogens with zero attached hydrogens (tertiary/aromatic N) is 2. The van der Waals surface area contributed by atoms with Gasteiger partial charge < -0.3 is 5.73 Å². The predicted octanol–water partition coefficient (Wildman–Crippen LogP) is 0.916. The summed E-state index contributed by atoms with van der Waals surface area (Å²) in [5.74, 6) is -0.376. The summed E-state index contributed by atoms with van der Waals surface area (Å²) in [6.45, 7) is 0.300. The van der Waals surface area contributed by atoms with Crippen LogP contribution in [0.15, 0.2) is 35.5 Å². The minimum atomic E-state index is -3.33. The molecule has 0 aliphatic rings. The van der Waals surface area contributed by atoms with E-state index in [0.29, 0.717) is 24.2 Å². The van der Waals surface area contributed by atoms with Crippen molar-refractivity contribution in [2.75, 3.05) is 12.8 Å². The van der Waals surface area contributed by atoms with Gasteiger partial charge in [-0.05, 0) is 25.1 Å². The third-order valence-electron chi connectivity index (χ3n) is 2.72. The Balaban J connectivity index is 2.53. The third kappa shape index (κ3) is 2.82. The van der Waals surface area contributed by atoms with Crippen molar-refractivity contribution in [3.63, 3.8) is 0 Å². The van der Waals surface area contributed by atoms with Crippen LogP contribution in [0.2, 0.25) is 0 Å². The van der Waals surface area contributed by atoms with Crippen molar-refractivity contribution in [2.45, 2.75) is 11.3 Å². The highest BCUT2D eigenvalue weighted by Gasteiger charge is 2.14. The molecule has 2 rings (SSSR count). The van der Waals surface area contributed by atoms with Crippen molar-refractivity contribution >= 4 is 9.84 Å². The zero-order valence-electron chi connectivity index (χ0n) is 10.4. The lowest BCUT2D eigenvalue weighted by molar-refractivity contribution is 0.602. The molecule has 0 saturated carbocycles. The van der Waals surface area contributed by atoms with Crippen LogP contribution >= 0.6 is 0 Å². The number of sulfone groups is 1. The molecule has 7 heteroatoms. The van der Waals surface area contributed by atoms with Crippen molar-refractivity contribution < 1.29 is 12.8 Å². The van der Waals surface area contributed by atoms with Crippen molar-refractivity contribution in [3.8, 4) is 5.69 Å². The summed E-state index contributed by atoms with van der Waals surface area (Å²) >= 11 is 0. The molecule has 2 aromatic rings. The zero-order valence-corrected chi connectivity index (χ0v) is 11.2. The number of nitrogens with two attached hydrogens (primary N) is 1. The molecule has 2 N–H and O–H groups in total. The SMILES string of the molecule is CS(=O)(=O)c1cnn(-c2cccc(F)c2CCN)c1. The number of benzene rings is 1. The summed E-state index contributed by atoms with van der Waals surface area (Å²) in [6.07, 6.45) is 4.06. The summed E-state index contributed by atoms with van der Waals surface area (Å²) in [5, 5.41) is 3.97. The fourth-order valence-corrected chi connectivity index (χ4v) is 2.31. The van der Waals surface area contributed by atoms with Crippen LogP contribution in [0.5, 0.6) is 0 Å². The highest BCUT2D eigenvalue weighted by Crippen LogP contribution is 2.19. The molecule has 0 bridgehead atoms. The highest BCUT2D eigenvalue weighted by atomic mass is 32.2. The van der Waals surface area contributed by atoms with Crippen LogP contribution < -0.4 is 5.73 Å². The van der Waals surface area contributed by atoms with Gasteiger partial charge in [-0.3, -0.25) is 0 Å². The summed E-state index contributed by atoms with van der Waals surface area (Å²) in [6, 6.07) is 4.56. The van der Waals surface area contributed by atoms with E-state index in [4.69, 9.17) is 5.73 Å². The van der Waals surface area contributed by atoms with Gasteiger partial charge in [0.15, 0.2) is 9.84 Å². The van der Waals surface area contributed by atoms with Crippen molar-refractivity contribution in [1.82, 2.24) is 9.78 Å². The maximum atomic E-state index is 13.7. The molecule has 19 heavy (non-hydrogen) atoms. The highest BCUT2D eigenvalue weighted by molar-refractivity contribution is 7.90. The molecule has 0 atom stereocenters. The van der Waals surface area contributed by atoms with E-state index in [0.717, 1.165) is 6.26 Å². The van der Waals surface area contributed by atoms with Crippen LogP contribution in [0.1, 0.15) is 5.56 Å². The molecule has 0 fully saturated rings. The van der Waals surface area contributed by atoms with E-state index >= 15 is 0 Å². The Kier molecular flexibility index (Phi) is 3.68.